The molecule has 2 rings (SSSR count). The Kier molecular flexibility index (Phi) is 3.68. The number of aliphatic hydroxyl groups excluding tert-OH is 1. The highest BCUT2D eigenvalue weighted by Gasteiger charge is 2.43. The third-order valence-electron chi connectivity index (χ3n) is 3.20. The molecule has 1 aromatic heterocycles. The number of ether oxygens (including phenoxy) is 1. The van der Waals surface area contributed by atoms with Gasteiger partial charge in [0.15, 0.2) is 0 Å². The molecule has 1 aliphatic rings. The van der Waals surface area contributed by atoms with Gasteiger partial charge >= 0.3 is 5.69 Å². The van der Waals surface area contributed by atoms with Gasteiger partial charge in [0.2, 0.25) is 0 Å². The summed E-state index contributed by atoms with van der Waals surface area (Å²) in [5, 5.41) is 9.37. The van der Waals surface area contributed by atoms with Crippen molar-refractivity contribution in [2.24, 2.45) is 0 Å². The van der Waals surface area contributed by atoms with E-state index in [2.05, 4.69) is 4.98 Å². The topological polar surface area (TPSA) is 90.4 Å². The van der Waals surface area contributed by atoms with Crippen LogP contribution < -0.4 is 11.4 Å². The molecule has 0 unspecified atom stereocenters. The predicted molar refractivity (Wildman–Crippen MR) is 67.2 cm³/mol. The normalized spacial score (nSPS) is 26.5. The van der Waals surface area contributed by atoms with Crippen LogP contribution >= 0.6 is 0 Å². The summed E-state index contributed by atoms with van der Waals surface area (Å²) in [6.07, 6.45) is 2.87. The molecule has 0 saturated heterocycles. The minimum Gasteiger partial charge on any atom is -0.393 e. The summed E-state index contributed by atoms with van der Waals surface area (Å²) in [5.74, 6) is -0.451. The van der Waals surface area contributed by atoms with E-state index in [-0.39, 0.29) is 18.8 Å². The molecule has 0 fully saturated rings. The van der Waals surface area contributed by atoms with Crippen LogP contribution in [0.5, 0.6) is 0 Å². The fourth-order valence-corrected chi connectivity index (χ4v) is 2.26. The summed E-state index contributed by atoms with van der Waals surface area (Å²) in [6.45, 7) is 1.51. The van der Waals surface area contributed by atoms with Gasteiger partial charge < -0.3 is 15.6 Å². The van der Waals surface area contributed by atoms with Crippen molar-refractivity contribution in [3.63, 3.8) is 0 Å². The first-order valence-corrected chi connectivity index (χ1v) is 5.99. The Balaban J connectivity index is 2.33. The van der Waals surface area contributed by atoms with E-state index in [0.717, 1.165) is 0 Å². The van der Waals surface area contributed by atoms with Crippen molar-refractivity contribution >= 4 is 5.82 Å². The number of aliphatic hydroxyl groups is 1. The van der Waals surface area contributed by atoms with E-state index < -0.39 is 29.8 Å². The first-order chi connectivity index (χ1) is 9.02. The molecule has 2 atom stereocenters. The van der Waals surface area contributed by atoms with Crippen LogP contribution in [0.25, 0.3) is 0 Å². The molecule has 0 amide bonds. The largest absolute Gasteiger partial charge is 0.393 e. The number of allylic oxidation sites excluding steroid dienone is 1. The molecule has 1 heterocycles. The fraction of sp³-hybridized carbons (Fsp3) is 0.500. The summed E-state index contributed by atoms with van der Waals surface area (Å²) in [5.41, 5.74) is 3.48. The zero-order valence-corrected chi connectivity index (χ0v) is 10.5. The number of anilines is 1. The number of hydrogen-bond donors (Lipinski definition) is 2. The molecule has 0 aliphatic heterocycles. The average Bonchev–Trinajstić information content (AvgIpc) is 2.67. The second-order valence-electron chi connectivity index (χ2n) is 4.41. The molecule has 0 bridgehead atoms. The molecule has 3 N–H and O–H groups in total. The highest BCUT2D eigenvalue weighted by atomic mass is 19.1. The van der Waals surface area contributed by atoms with Crippen LogP contribution in [0.2, 0.25) is 0 Å². The molecule has 0 spiro atoms. The first kappa shape index (κ1) is 13.7. The van der Waals surface area contributed by atoms with Crippen molar-refractivity contribution in [3.8, 4) is 0 Å². The molecular weight excluding hydrogens is 253 g/mol. The third kappa shape index (κ3) is 2.39. The summed E-state index contributed by atoms with van der Waals surface area (Å²) < 4.78 is 20.6. The highest BCUT2D eigenvalue weighted by Crippen LogP contribution is 2.39. The van der Waals surface area contributed by atoms with Gasteiger partial charge in [-0.1, -0.05) is 0 Å². The highest BCUT2D eigenvalue weighted by molar-refractivity contribution is 5.26. The van der Waals surface area contributed by atoms with Gasteiger partial charge in [-0.3, -0.25) is 4.57 Å². The quantitative estimate of drug-likeness (QED) is 0.825. The van der Waals surface area contributed by atoms with Gasteiger partial charge in [-0.05, 0) is 19.1 Å². The van der Waals surface area contributed by atoms with Gasteiger partial charge in [-0.25, -0.2) is 9.18 Å². The van der Waals surface area contributed by atoms with Gasteiger partial charge in [0.1, 0.15) is 17.2 Å². The molecule has 0 radical (unpaired) electrons. The second-order valence-corrected chi connectivity index (χ2v) is 4.41. The summed E-state index contributed by atoms with van der Waals surface area (Å²) in [7, 11) is 0. The lowest BCUT2D eigenvalue weighted by atomic mass is 10.0. The summed E-state index contributed by atoms with van der Waals surface area (Å²) in [4.78, 5) is 15.3. The van der Waals surface area contributed by atoms with Crippen LogP contribution in [-0.4, -0.2) is 33.5 Å². The SMILES string of the molecule is CCO[C@@]1(CO)C[C@@H](n2ccc(N)nc2=O)C=C1F. The third-order valence-corrected chi connectivity index (χ3v) is 3.20. The lowest BCUT2D eigenvalue weighted by Gasteiger charge is -2.27. The van der Waals surface area contributed by atoms with Crippen molar-refractivity contribution in [1.29, 1.82) is 0 Å². The van der Waals surface area contributed by atoms with E-state index in [9.17, 15) is 14.3 Å². The number of nitrogens with two attached hydrogens (primary N) is 1. The Hall–Kier alpha value is -1.73. The molecule has 1 aromatic rings. The van der Waals surface area contributed by atoms with Crippen LogP contribution in [0.3, 0.4) is 0 Å². The van der Waals surface area contributed by atoms with Crippen molar-refractivity contribution in [1.82, 2.24) is 9.55 Å². The zero-order valence-electron chi connectivity index (χ0n) is 10.5. The van der Waals surface area contributed by atoms with Gasteiger partial charge in [-0.15, -0.1) is 0 Å². The van der Waals surface area contributed by atoms with Crippen LogP contribution in [0.15, 0.2) is 29.0 Å². The van der Waals surface area contributed by atoms with Crippen molar-refractivity contribution < 1.29 is 14.2 Å². The average molecular weight is 269 g/mol. The van der Waals surface area contributed by atoms with Crippen molar-refractivity contribution in [2.45, 2.75) is 25.0 Å². The van der Waals surface area contributed by atoms with Crippen LogP contribution in [0, 0.1) is 0 Å². The Labute approximate surface area is 109 Å². The van der Waals surface area contributed by atoms with E-state index >= 15 is 0 Å². The number of halogens is 1. The predicted octanol–water partition coefficient (Wildman–Crippen LogP) is 0.391. The minimum atomic E-state index is -1.36. The number of aromatic nitrogens is 2. The maximum Gasteiger partial charge on any atom is 0.350 e. The van der Waals surface area contributed by atoms with Crippen LogP contribution in [0.4, 0.5) is 10.2 Å². The van der Waals surface area contributed by atoms with Gasteiger partial charge in [-0.2, -0.15) is 4.98 Å². The monoisotopic (exact) mass is 269 g/mol. The van der Waals surface area contributed by atoms with Gasteiger partial charge in [0.25, 0.3) is 0 Å². The molecule has 19 heavy (non-hydrogen) atoms. The smallest absolute Gasteiger partial charge is 0.350 e. The minimum absolute atomic E-state index is 0.113. The number of hydrogen-bond acceptors (Lipinski definition) is 5. The molecule has 104 valence electrons. The molecular formula is C12H16FN3O3. The second kappa shape index (κ2) is 5.10. The fourth-order valence-electron chi connectivity index (χ4n) is 2.26. The van der Waals surface area contributed by atoms with Gasteiger partial charge in [0, 0.05) is 19.2 Å². The molecule has 7 heteroatoms. The van der Waals surface area contributed by atoms with Crippen LogP contribution in [0.1, 0.15) is 19.4 Å². The van der Waals surface area contributed by atoms with E-state index in [0.29, 0.717) is 0 Å². The van der Waals surface area contributed by atoms with Crippen molar-refractivity contribution in [2.75, 3.05) is 18.9 Å². The van der Waals surface area contributed by atoms with Gasteiger partial charge in [0.05, 0.1) is 12.6 Å². The van der Waals surface area contributed by atoms with E-state index in [4.69, 9.17) is 10.5 Å². The van der Waals surface area contributed by atoms with E-state index in [1.54, 1.807) is 6.92 Å². The standard InChI is InChI=1S/C12H16FN3O3/c1-2-19-12(7-17)6-8(5-9(12)13)16-4-3-10(14)15-11(16)18/h3-5,8,17H,2,6-7H2,1H3,(H2,14,15,18)/t8-,12+/m0/s1. The summed E-state index contributed by atoms with van der Waals surface area (Å²) >= 11 is 0. The van der Waals surface area contributed by atoms with E-state index in [1.165, 1.54) is 22.9 Å². The lowest BCUT2D eigenvalue weighted by Crippen LogP contribution is -2.37. The molecule has 0 aromatic carbocycles. The number of nitrogen functional groups attached to an aromatic ring is 1. The maximum absolute atomic E-state index is 14.0. The Morgan fingerprint density at radius 3 is 3.05 bits per heavy atom. The van der Waals surface area contributed by atoms with Crippen molar-refractivity contribution in [3.05, 3.63) is 34.7 Å². The number of nitrogens with zero attached hydrogens (tertiary/aromatic N) is 2. The van der Waals surface area contributed by atoms with Crippen LogP contribution in [-0.2, 0) is 4.74 Å². The summed E-state index contributed by atoms with van der Waals surface area (Å²) in [6, 6.07) is 0.923. The molecule has 6 nitrogen and oxygen atoms in total. The number of rotatable bonds is 4. The Morgan fingerprint density at radius 2 is 2.47 bits per heavy atom. The zero-order chi connectivity index (χ0) is 14.0. The van der Waals surface area contributed by atoms with E-state index in [1.807, 2.05) is 0 Å². The maximum atomic E-state index is 14.0. The molecule has 0 saturated carbocycles. The first-order valence-electron chi connectivity index (χ1n) is 5.99. The Bertz CT molecular complexity index is 557. The Morgan fingerprint density at radius 1 is 1.74 bits per heavy atom. The molecule has 1 aliphatic carbocycles. The lowest BCUT2D eigenvalue weighted by molar-refractivity contribution is -0.0629.